The van der Waals surface area contributed by atoms with Crippen molar-refractivity contribution in [3.63, 3.8) is 0 Å². The molecule has 0 aliphatic heterocycles. The molecule has 2 aromatic heterocycles. The Morgan fingerprint density at radius 3 is 2.53 bits per heavy atom. The first-order valence-corrected chi connectivity index (χ1v) is 7.12. The van der Waals surface area contributed by atoms with Crippen molar-refractivity contribution in [2.75, 3.05) is 6.54 Å². The highest BCUT2D eigenvalue weighted by atomic mass is 32.1. The summed E-state index contributed by atoms with van der Waals surface area (Å²) in [6.07, 6.45) is 5.22. The summed E-state index contributed by atoms with van der Waals surface area (Å²) in [4.78, 5) is 9.35. The minimum absolute atomic E-state index is 0.0222. The predicted octanol–water partition coefficient (Wildman–Crippen LogP) is 2.32. The van der Waals surface area contributed by atoms with E-state index >= 15 is 0 Å². The third kappa shape index (κ3) is 3.13. The monoisotopic (exact) mass is 277 g/mol. The second-order valence-corrected chi connectivity index (χ2v) is 6.18. The van der Waals surface area contributed by atoms with Crippen molar-refractivity contribution in [2.24, 2.45) is 0 Å². The van der Waals surface area contributed by atoms with E-state index in [-0.39, 0.29) is 11.5 Å². The van der Waals surface area contributed by atoms with Crippen molar-refractivity contribution >= 4 is 11.5 Å². The van der Waals surface area contributed by atoms with Gasteiger partial charge in [0.2, 0.25) is 0 Å². The molecule has 0 saturated carbocycles. The fraction of sp³-hybridized carbons (Fsp3) is 0.538. The van der Waals surface area contributed by atoms with E-state index in [2.05, 4.69) is 52.6 Å². The van der Waals surface area contributed by atoms with E-state index in [4.69, 9.17) is 0 Å². The van der Waals surface area contributed by atoms with Crippen LogP contribution in [-0.2, 0) is 5.41 Å². The summed E-state index contributed by atoms with van der Waals surface area (Å²) in [5, 5.41) is 7.77. The van der Waals surface area contributed by atoms with Crippen LogP contribution < -0.4 is 5.32 Å². The molecule has 0 fully saturated rings. The van der Waals surface area contributed by atoms with Crippen molar-refractivity contribution in [3.05, 3.63) is 34.9 Å². The lowest BCUT2D eigenvalue weighted by molar-refractivity contribution is 0.542. The van der Waals surface area contributed by atoms with Gasteiger partial charge in [-0.25, -0.2) is 9.97 Å². The van der Waals surface area contributed by atoms with E-state index in [1.807, 2.05) is 12.4 Å². The summed E-state index contributed by atoms with van der Waals surface area (Å²) in [7, 11) is 0. The third-order valence-electron chi connectivity index (χ3n) is 2.81. The zero-order chi connectivity index (χ0) is 13.9. The second kappa shape index (κ2) is 5.71. The minimum Gasteiger partial charge on any atom is -0.306 e. The zero-order valence-electron chi connectivity index (χ0n) is 11.7. The van der Waals surface area contributed by atoms with Gasteiger partial charge in [0.25, 0.3) is 0 Å². The highest BCUT2D eigenvalue weighted by molar-refractivity contribution is 7.05. The Hall–Kier alpha value is -1.40. The summed E-state index contributed by atoms with van der Waals surface area (Å²) in [5.74, 6) is 0. The first-order valence-electron chi connectivity index (χ1n) is 6.35. The Balaban J connectivity index is 2.44. The molecule has 0 aliphatic rings. The van der Waals surface area contributed by atoms with Gasteiger partial charge >= 0.3 is 0 Å². The van der Waals surface area contributed by atoms with E-state index < -0.39 is 0 Å². The van der Waals surface area contributed by atoms with Crippen molar-refractivity contribution in [2.45, 2.75) is 39.2 Å². The fourth-order valence-electron chi connectivity index (χ4n) is 1.93. The summed E-state index contributed by atoms with van der Waals surface area (Å²) >= 11 is 1.44. The maximum Gasteiger partial charge on any atom is 0.115 e. The van der Waals surface area contributed by atoms with Crippen LogP contribution in [0.3, 0.4) is 0 Å². The summed E-state index contributed by atoms with van der Waals surface area (Å²) < 4.78 is 4.13. The standard InChI is InChI=1S/C13H19N5S/c1-5-16-10(9-6-14-8-15-7-9)11-12(13(2,3)4)17-18-19-11/h6-8,10,16H,5H2,1-4H3. The average molecular weight is 277 g/mol. The molecule has 1 unspecified atom stereocenters. The molecule has 19 heavy (non-hydrogen) atoms. The van der Waals surface area contributed by atoms with Gasteiger partial charge in [-0.2, -0.15) is 0 Å². The molecule has 102 valence electrons. The maximum atomic E-state index is 4.30. The molecule has 0 aliphatic carbocycles. The molecule has 0 spiro atoms. The Labute approximate surface area is 117 Å². The van der Waals surface area contributed by atoms with Gasteiger partial charge in [-0.1, -0.05) is 32.2 Å². The smallest absolute Gasteiger partial charge is 0.115 e. The number of hydrogen-bond acceptors (Lipinski definition) is 6. The molecule has 1 N–H and O–H groups in total. The summed E-state index contributed by atoms with van der Waals surface area (Å²) in [5.41, 5.74) is 2.05. The van der Waals surface area contributed by atoms with Crippen LogP contribution >= 0.6 is 11.5 Å². The number of nitrogens with zero attached hydrogens (tertiary/aromatic N) is 4. The van der Waals surface area contributed by atoms with Crippen LogP contribution in [0, 0.1) is 0 Å². The van der Waals surface area contributed by atoms with E-state index in [0.717, 1.165) is 22.7 Å². The topological polar surface area (TPSA) is 63.6 Å². The molecule has 6 heteroatoms. The zero-order valence-corrected chi connectivity index (χ0v) is 12.5. The largest absolute Gasteiger partial charge is 0.306 e. The molecule has 0 aromatic carbocycles. The maximum absolute atomic E-state index is 4.30. The number of hydrogen-bond donors (Lipinski definition) is 1. The van der Waals surface area contributed by atoms with Crippen LogP contribution in [0.15, 0.2) is 18.7 Å². The van der Waals surface area contributed by atoms with Crippen LogP contribution in [0.1, 0.15) is 49.9 Å². The quantitative estimate of drug-likeness (QED) is 0.929. The van der Waals surface area contributed by atoms with Crippen LogP contribution in [-0.4, -0.2) is 26.1 Å². The molecular weight excluding hydrogens is 258 g/mol. The minimum atomic E-state index is -0.0222. The van der Waals surface area contributed by atoms with Gasteiger partial charge in [0.05, 0.1) is 16.6 Å². The van der Waals surface area contributed by atoms with Crippen LogP contribution in [0.2, 0.25) is 0 Å². The molecular formula is C13H19N5S. The van der Waals surface area contributed by atoms with E-state index in [1.54, 1.807) is 6.33 Å². The van der Waals surface area contributed by atoms with Crippen molar-refractivity contribution in [1.82, 2.24) is 24.9 Å². The molecule has 2 aromatic rings. The predicted molar refractivity (Wildman–Crippen MR) is 76.2 cm³/mol. The lowest BCUT2D eigenvalue weighted by Crippen LogP contribution is -2.25. The van der Waals surface area contributed by atoms with Gasteiger partial charge in [-0.05, 0) is 18.1 Å². The Bertz CT molecular complexity index is 517. The van der Waals surface area contributed by atoms with Crippen LogP contribution in [0.25, 0.3) is 0 Å². The molecule has 2 rings (SSSR count). The fourth-order valence-corrected chi connectivity index (χ4v) is 2.90. The van der Waals surface area contributed by atoms with E-state index in [9.17, 15) is 0 Å². The lowest BCUT2D eigenvalue weighted by Gasteiger charge is -2.22. The first kappa shape index (κ1) is 14.0. The molecule has 0 bridgehead atoms. The summed E-state index contributed by atoms with van der Waals surface area (Å²) in [6.45, 7) is 9.40. The molecule has 0 radical (unpaired) electrons. The Morgan fingerprint density at radius 1 is 1.26 bits per heavy atom. The first-order chi connectivity index (χ1) is 9.04. The van der Waals surface area contributed by atoms with Gasteiger partial charge in [-0.3, -0.25) is 0 Å². The van der Waals surface area contributed by atoms with Gasteiger partial charge in [0, 0.05) is 23.4 Å². The Kier molecular flexibility index (Phi) is 4.21. The van der Waals surface area contributed by atoms with Crippen LogP contribution in [0.4, 0.5) is 0 Å². The van der Waals surface area contributed by atoms with Gasteiger partial charge < -0.3 is 5.32 Å². The van der Waals surface area contributed by atoms with Gasteiger partial charge in [0.1, 0.15) is 6.33 Å². The van der Waals surface area contributed by atoms with Gasteiger partial charge in [-0.15, -0.1) is 5.10 Å². The highest BCUT2D eigenvalue weighted by Crippen LogP contribution is 2.33. The normalized spacial score (nSPS) is 13.5. The molecule has 5 nitrogen and oxygen atoms in total. The number of aromatic nitrogens is 4. The molecule has 1 atom stereocenters. The average Bonchev–Trinajstić information content (AvgIpc) is 2.86. The second-order valence-electron chi connectivity index (χ2n) is 5.40. The number of nitrogens with one attached hydrogen (secondary N) is 1. The van der Waals surface area contributed by atoms with Crippen molar-refractivity contribution in [3.8, 4) is 0 Å². The molecule has 0 saturated heterocycles. The third-order valence-corrected chi connectivity index (χ3v) is 3.60. The molecule has 0 amide bonds. The van der Waals surface area contributed by atoms with E-state index in [0.29, 0.717) is 0 Å². The molecule has 2 heterocycles. The van der Waals surface area contributed by atoms with Crippen LogP contribution in [0.5, 0.6) is 0 Å². The highest BCUT2D eigenvalue weighted by Gasteiger charge is 2.28. The van der Waals surface area contributed by atoms with Gasteiger partial charge in [0.15, 0.2) is 0 Å². The van der Waals surface area contributed by atoms with E-state index in [1.165, 1.54) is 11.5 Å². The SMILES string of the molecule is CCNC(c1cncnc1)c1snnc1C(C)(C)C. The Morgan fingerprint density at radius 2 is 1.95 bits per heavy atom. The number of rotatable bonds is 4. The lowest BCUT2D eigenvalue weighted by atomic mass is 9.89. The van der Waals surface area contributed by atoms with Crippen molar-refractivity contribution < 1.29 is 0 Å². The van der Waals surface area contributed by atoms with Crippen molar-refractivity contribution in [1.29, 1.82) is 0 Å². The summed E-state index contributed by atoms with van der Waals surface area (Å²) in [6, 6.07) is 0.0559.